The van der Waals surface area contributed by atoms with Crippen LogP contribution in [0.4, 0.5) is 0 Å². The van der Waals surface area contributed by atoms with E-state index < -0.39 is 0 Å². The molecule has 0 radical (unpaired) electrons. The predicted molar refractivity (Wildman–Crippen MR) is 61.0 cm³/mol. The van der Waals surface area contributed by atoms with Crippen molar-refractivity contribution in [3.05, 3.63) is 0 Å². The summed E-state index contributed by atoms with van der Waals surface area (Å²) in [5.41, 5.74) is 0. The van der Waals surface area contributed by atoms with Gasteiger partial charge in [-0.3, -0.25) is 0 Å². The van der Waals surface area contributed by atoms with Crippen LogP contribution in [0.15, 0.2) is 0 Å². The zero-order chi connectivity index (χ0) is 10.3. The molecule has 0 bridgehead atoms. The second-order valence-corrected chi connectivity index (χ2v) is 5.01. The van der Waals surface area contributed by atoms with Gasteiger partial charge < -0.3 is 5.32 Å². The van der Waals surface area contributed by atoms with Gasteiger partial charge in [0.2, 0.25) is 0 Å². The van der Waals surface area contributed by atoms with Crippen LogP contribution in [0.25, 0.3) is 0 Å². The van der Waals surface area contributed by atoms with Crippen LogP contribution in [-0.4, -0.2) is 12.6 Å². The molecule has 1 nitrogen and oxygen atoms in total. The number of rotatable bonds is 7. The minimum Gasteiger partial charge on any atom is -0.314 e. The summed E-state index contributed by atoms with van der Waals surface area (Å²) in [5, 5.41) is 3.57. The molecule has 0 fully saturated rings. The SMILES string of the molecule is CC(C)CCNC(C)CCC(C)C. The fraction of sp³-hybridized carbons (Fsp3) is 1.00. The zero-order valence-electron chi connectivity index (χ0n) is 10.1. The van der Waals surface area contributed by atoms with E-state index in [0.717, 1.165) is 11.8 Å². The van der Waals surface area contributed by atoms with Gasteiger partial charge in [0, 0.05) is 6.04 Å². The van der Waals surface area contributed by atoms with Gasteiger partial charge >= 0.3 is 0 Å². The lowest BCUT2D eigenvalue weighted by Gasteiger charge is -2.15. The Morgan fingerprint density at radius 2 is 1.31 bits per heavy atom. The van der Waals surface area contributed by atoms with Gasteiger partial charge in [0.25, 0.3) is 0 Å². The Kier molecular flexibility index (Phi) is 7.35. The number of hydrogen-bond acceptors (Lipinski definition) is 1. The molecular formula is C12H27N. The average molecular weight is 185 g/mol. The molecule has 80 valence electrons. The van der Waals surface area contributed by atoms with Crippen LogP contribution >= 0.6 is 0 Å². The molecule has 0 aliphatic heterocycles. The zero-order valence-corrected chi connectivity index (χ0v) is 10.1. The van der Waals surface area contributed by atoms with Crippen LogP contribution in [0.2, 0.25) is 0 Å². The maximum atomic E-state index is 3.57. The van der Waals surface area contributed by atoms with E-state index in [4.69, 9.17) is 0 Å². The Balaban J connectivity index is 3.25. The molecule has 0 spiro atoms. The average Bonchev–Trinajstić information content (AvgIpc) is 2.00. The molecule has 1 heteroatoms. The third-order valence-corrected chi connectivity index (χ3v) is 2.39. The molecule has 0 aromatic carbocycles. The van der Waals surface area contributed by atoms with E-state index in [2.05, 4.69) is 39.9 Å². The van der Waals surface area contributed by atoms with E-state index in [0.29, 0.717) is 6.04 Å². The molecule has 1 unspecified atom stereocenters. The van der Waals surface area contributed by atoms with Crippen LogP contribution in [0.5, 0.6) is 0 Å². The van der Waals surface area contributed by atoms with Gasteiger partial charge in [0.15, 0.2) is 0 Å². The van der Waals surface area contributed by atoms with E-state index in [1.165, 1.54) is 25.8 Å². The molecule has 0 rings (SSSR count). The molecule has 0 aromatic heterocycles. The summed E-state index contributed by atoms with van der Waals surface area (Å²) in [6.45, 7) is 12.6. The summed E-state index contributed by atoms with van der Waals surface area (Å²) in [5.74, 6) is 1.67. The number of nitrogens with one attached hydrogen (secondary N) is 1. The molecule has 0 aliphatic rings. The van der Waals surface area contributed by atoms with Gasteiger partial charge in [-0.2, -0.15) is 0 Å². The summed E-state index contributed by atoms with van der Waals surface area (Å²) in [6, 6.07) is 0.696. The van der Waals surface area contributed by atoms with Gasteiger partial charge in [-0.05, 0) is 44.6 Å². The maximum Gasteiger partial charge on any atom is 0.00388 e. The lowest BCUT2D eigenvalue weighted by molar-refractivity contribution is 0.432. The Labute approximate surface area is 84.3 Å². The molecule has 1 N–H and O–H groups in total. The van der Waals surface area contributed by atoms with Gasteiger partial charge in [0.05, 0.1) is 0 Å². The molecule has 0 aromatic rings. The molecule has 0 aliphatic carbocycles. The summed E-state index contributed by atoms with van der Waals surface area (Å²) >= 11 is 0. The van der Waals surface area contributed by atoms with Crippen LogP contribution in [0, 0.1) is 11.8 Å². The van der Waals surface area contributed by atoms with Crippen molar-refractivity contribution in [2.75, 3.05) is 6.54 Å². The normalized spacial score (nSPS) is 14.1. The largest absolute Gasteiger partial charge is 0.314 e. The summed E-state index contributed by atoms with van der Waals surface area (Å²) in [7, 11) is 0. The quantitative estimate of drug-likeness (QED) is 0.640. The first-order valence-corrected chi connectivity index (χ1v) is 5.75. The Morgan fingerprint density at radius 3 is 1.77 bits per heavy atom. The molecular weight excluding hydrogens is 158 g/mol. The standard InChI is InChI=1S/C12H27N/c1-10(2)6-7-12(5)13-9-8-11(3)4/h10-13H,6-9H2,1-5H3. The van der Waals surface area contributed by atoms with Crippen molar-refractivity contribution in [2.45, 2.75) is 59.9 Å². The smallest absolute Gasteiger partial charge is 0.00388 e. The highest BCUT2D eigenvalue weighted by Gasteiger charge is 2.02. The van der Waals surface area contributed by atoms with E-state index in [1.54, 1.807) is 0 Å². The molecule has 0 saturated carbocycles. The Hall–Kier alpha value is -0.0400. The van der Waals surface area contributed by atoms with E-state index in [-0.39, 0.29) is 0 Å². The molecule has 13 heavy (non-hydrogen) atoms. The fourth-order valence-corrected chi connectivity index (χ4v) is 1.30. The topological polar surface area (TPSA) is 12.0 Å². The summed E-state index contributed by atoms with van der Waals surface area (Å²) in [6.07, 6.45) is 3.96. The molecule has 0 amide bonds. The molecule has 0 heterocycles. The van der Waals surface area contributed by atoms with Crippen LogP contribution < -0.4 is 5.32 Å². The second kappa shape index (κ2) is 7.37. The molecule has 1 atom stereocenters. The van der Waals surface area contributed by atoms with Crippen LogP contribution in [0.3, 0.4) is 0 Å². The Morgan fingerprint density at radius 1 is 0.769 bits per heavy atom. The summed E-state index contributed by atoms with van der Waals surface area (Å²) < 4.78 is 0. The first-order valence-electron chi connectivity index (χ1n) is 5.75. The first kappa shape index (κ1) is 13.0. The van der Waals surface area contributed by atoms with Crippen molar-refractivity contribution in [1.29, 1.82) is 0 Å². The van der Waals surface area contributed by atoms with Crippen molar-refractivity contribution < 1.29 is 0 Å². The molecule has 0 saturated heterocycles. The minimum atomic E-state index is 0.696. The highest BCUT2D eigenvalue weighted by Crippen LogP contribution is 2.06. The van der Waals surface area contributed by atoms with E-state index in [1.807, 2.05) is 0 Å². The van der Waals surface area contributed by atoms with Crippen molar-refractivity contribution in [3.8, 4) is 0 Å². The third-order valence-electron chi connectivity index (χ3n) is 2.39. The minimum absolute atomic E-state index is 0.696. The second-order valence-electron chi connectivity index (χ2n) is 5.01. The highest BCUT2D eigenvalue weighted by atomic mass is 14.9. The Bertz CT molecular complexity index is 108. The predicted octanol–water partition coefficient (Wildman–Crippen LogP) is 3.45. The van der Waals surface area contributed by atoms with Gasteiger partial charge in [-0.1, -0.05) is 27.7 Å². The van der Waals surface area contributed by atoms with E-state index in [9.17, 15) is 0 Å². The van der Waals surface area contributed by atoms with Gasteiger partial charge in [0.1, 0.15) is 0 Å². The maximum absolute atomic E-state index is 3.57. The lowest BCUT2D eigenvalue weighted by Crippen LogP contribution is -2.27. The van der Waals surface area contributed by atoms with Crippen molar-refractivity contribution in [3.63, 3.8) is 0 Å². The van der Waals surface area contributed by atoms with Crippen LogP contribution in [0.1, 0.15) is 53.9 Å². The van der Waals surface area contributed by atoms with Crippen molar-refractivity contribution in [2.24, 2.45) is 11.8 Å². The monoisotopic (exact) mass is 185 g/mol. The van der Waals surface area contributed by atoms with Gasteiger partial charge in [-0.15, -0.1) is 0 Å². The van der Waals surface area contributed by atoms with Gasteiger partial charge in [-0.25, -0.2) is 0 Å². The van der Waals surface area contributed by atoms with Crippen LogP contribution in [-0.2, 0) is 0 Å². The lowest BCUT2D eigenvalue weighted by atomic mass is 10.0. The summed E-state index contributed by atoms with van der Waals surface area (Å²) in [4.78, 5) is 0. The first-order chi connectivity index (χ1) is 6.02. The number of hydrogen-bond donors (Lipinski definition) is 1. The van der Waals surface area contributed by atoms with Crippen molar-refractivity contribution >= 4 is 0 Å². The highest BCUT2D eigenvalue weighted by molar-refractivity contribution is 4.62. The third kappa shape index (κ3) is 9.88. The van der Waals surface area contributed by atoms with E-state index >= 15 is 0 Å². The fourth-order valence-electron chi connectivity index (χ4n) is 1.30. The van der Waals surface area contributed by atoms with Crippen molar-refractivity contribution in [1.82, 2.24) is 5.32 Å².